The minimum absolute atomic E-state index is 0.0157. The number of phenols is 1. The fourth-order valence-corrected chi connectivity index (χ4v) is 1.85. The van der Waals surface area contributed by atoms with Crippen LogP contribution in [-0.2, 0) is 4.74 Å². The Hall–Kier alpha value is -2.82. The van der Waals surface area contributed by atoms with Crippen molar-refractivity contribution < 1.29 is 19.4 Å². The molecule has 0 unspecified atom stereocenters. The second kappa shape index (κ2) is 6.09. The van der Waals surface area contributed by atoms with Gasteiger partial charge >= 0.3 is 5.97 Å². The van der Waals surface area contributed by atoms with Gasteiger partial charge in [0.2, 0.25) is 0 Å². The maximum absolute atomic E-state index is 12.2. The number of aryl methyl sites for hydroxylation is 1. The van der Waals surface area contributed by atoms with Crippen LogP contribution in [0.5, 0.6) is 5.75 Å². The van der Waals surface area contributed by atoms with E-state index in [4.69, 9.17) is 0 Å². The predicted molar refractivity (Wildman–Crippen MR) is 78.6 cm³/mol. The van der Waals surface area contributed by atoms with Crippen molar-refractivity contribution in [3.8, 4) is 5.75 Å². The average Bonchev–Trinajstić information content (AvgIpc) is 2.50. The molecule has 0 heterocycles. The van der Waals surface area contributed by atoms with E-state index in [1.54, 1.807) is 30.3 Å². The summed E-state index contributed by atoms with van der Waals surface area (Å²) in [5.74, 6) is -0.942. The maximum atomic E-state index is 12.2. The van der Waals surface area contributed by atoms with E-state index in [1.165, 1.54) is 19.2 Å². The van der Waals surface area contributed by atoms with Crippen LogP contribution in [0, 0.1) is 6.92 Å². The van der Waals surface area contributed by atoms with Crippen molar-refractivity contribution in [1.29, 1.82) is 0 Å². The smallest absolute Gasteiger partial charge is 0.337 e. The number of aromatic hydroxyl groups is 1. The van der Waals surface area contributed by atoms with Crippen molar-refractivity contribution in [2.45, 2.75) is 6.92 Å². The quantitative estimate of drug-likeness (QED) is 0.671. The molecule has 0 aliphatic heterocycles. The highest BCUT2D eigenvalue weighted by molar-refractivity contribution is 6.06. The predicted octanol–water partition coefficient (Wildman–Crippen LogP) is 2.74. The molecule has 0 bridgehead atoms. The Morgan fingerprint density at radius 2 is 1.81 bits per heavy atom. The Labute approximate surface area is 122 Å². The lowest BCUT2D eigenvalue weighted by molar-refractivity contribution is 0.0600. The summed E-state index contributed by atoms with van der Waals surface area (Å²) < 4.78 is 4.61. The molecule has 2 rings (SSSR count). The average molecular weight is 285 g/mol. The van der Waals surface area contributed by atoms with Gasteiger partial charge in [0.15, 0.2) is 0 Å². The number of anilines is 1. The summed E-state index contributed by atoms with van der Waals surface area (Å²) in [6, 6.07) is 11.1. The van der Waals surface area contributed by atoms with Gasteiger partial charge in [0.1, 0.15) is 5.75 Å². The molecule has 1 amide bonds. The molecule has 5 heteroatoms. The number of ether oxygens (including phenoxy) is 1. The zero-order valence-corrected chi connectivity index (χ0v) is 11.7. The van der Waals surface area contributed by atoms with Gasteiger partial charge < -0.3 is 15.2 Å². The van der Waals surface area contributed by atoms with Gasteiger partial charge in [0.25, 0.3) is 5.91 Å². The van der Waals surface area contributed by atoms with Gasteiger partial charge in [-0.15, -0.1) is 0 Å². The molecule has 0 aromatic heterocycles. The van der Waals surface area contributed by atoms with Crippen LogP contribution in [0.1, 0.15) is 26.3 Å². The zero-order valence-electron chi connectivity index (χ0n) is 11.7. The lowest BCUT2D eigenvalue weighted by atomic mass is 10.1. The topological polar surface area (TPSA) is 75.6 Å². The first-order chi connectivity index (χ1) is 10.0. The van der Waals surface area contributed by atoms with Crippen LogP contribution >= 0.6 is 0 Å². The Balaban J connectivity index is 2.24. The van der Waals surface area contributed by atoms with Crippen LogP contribution in [0.4, 0.5) is 5.69 Å². The molecule has 0 spiro atoms. The van der Waals surface area contributed by atoms with E-state index in [-0.39, 0.29) is 5.75 Å². The van der Waals surface area contributed by atoms with Crippen LogP contribution in [-0.4, -0.2) is 24.1 Å². The Bertz CT molecular complexity index is 694. The first-order valence-corrected chi connectivity index (χ1v) is 6.30. The monoisotopic (exact) mass is 285 g/mol. The summed E-state index contributed by atoms with van der Waals surface area (Å²) >= 11 is 0. The van der Waals surface area contributed by atoms with Gasteiger partial charge in [0.05, 0.1) is 18.4 Å². The number of hydrogen-bond acceptors (Lipinski definition) is 4. The molecular formula is C16H15NO4. The Kier molecular flexibility index (Phi) is 4.23. The molecule has 2 aromatic rings. The lowest BCUT2D eigenvalue weighted by Gasteiger charge is -2.09. The third kappa shape index (κ3) is 3.39. The van der Waals surface area contributed by atoms with Gasteiger partial charge in [-0.05, 0) is 42.8 Å². The first-order valence-electron chi connectivity index (χ1n) is 6.30. The number of benzene rings is 2. The lowest BCUT2D eigenvalue weighted by Crippen LogP contribution is -2.13. The second-order valence-electron chi connectivity index (χ2n) is 4.55. The summed E-state index contributed by atoms with van der Waals surface area (Å²) in [6.45, 7) is 1.85. The molecule has 0 fully saturated rings. The summed E-state index contributed by atoms with van der Waals surface area (Å²) in [7, 11) is 1.28. The molecule has 2 aromatic carbocycles. The SMILES string of the molecule is COC(=O)c1cccc(C(=O)Nc2cc(C)ccc2O)c1. The fraction of sp³-hybridized carbons (Fsp3) is 0.125. The standard InChI is InChI=1S/C16H15NO4/c1-10-6-7-14(18)13(8-10)17-15(19)11-4-3-5-12(9-11)16(20)21-2/h3-9,18H,1-2H3,(H,17,19). The third-order valence-corrected chi connectivity index (χ3v) is 2.95. The summed E-state index contributed by atoms with van der Waals surface area (Å²) in [6.07, 6.45) is 0. The van der Waals surface area contributed by atoms with E-state index in [0.29, 0.717) is 16.8 Å². The second-order valence-corrected chi connectivity index (χ2v) is 4.55. The highest BCUT2D eigenvalue weighted by atomic mass is 16.5. The van der Waals surface area contributed by atoms with Crippen LogP contribution in [0.3, 0.4) is 0 Å². The van der Waals surface area contributed by atoms with Gasteiger partial charge in [-0.2, -0.15) is 0 Å². The third-order valence-electron chi connectivity index (χ3n) is 2.95. The van der Waals surface area contributed by atoms with Crippen LogP contribution < -0.4 is 5.32 Å². The summed E-state index contributed by atoms with van der Waals surface area (Å²) in [5, 5.41) is 12.3. The van der Waals surface area contributed by atoms with E-state index < -0.39 is 11.9 Å². The number of carbonyl (C=O) groups excluding carboxylic acids is 2. The number of amides is 1. The molecule has 108 valence electrons. The van der Waals surface area contributed by atoms with Crippen LogP contribution in [0.2, 0.25) is 0 Å². The van der Waals surface area contributed by atoms with Crippen molar-refractivity contribution >= 4 is 17.6 Å². The fourth-order valence-electron chi connectivity index (χ4n) is 1.85. The van der Waals surface area contributed by atoms with E-state index in [2.05, 4.69) is 10.1 Å². The Morgan fingerprint density at radius 1 is 1.10 bits per heavy atom. The number of hydrogen-bond donors (Lipinski definition) is 2. The van der Waals surface area contributed by atoms with Crippen LogP contribution in [0.25, 0.3) is 0 Å². The molecule has 0 saturated heterocycles. The van der Waals surface area contributed by atoms with Crippen molar-refractivity contribution in [2.75, 3.05) is 12.4 Å². The highest BCUT2D eigenvalue weighted by Crippen LogP contribution is 2.24. The van der Waals surface area contributed by atoms with Crippen molar-refractivity contribution in [1.82, 2.24) is 0 Å². The van der Waals surface area contributed by atoms with Gasteiger partial charge in [0, 0.05) is 5.56 Å². The first kappa shape index (κ1) is 14.6. The van der Waals surface area contributed by atoms with E-state index in [0.717, 1.165) is 5.56 Å². The van der Waals surface area contributed by atoms with Crippen molar-refractivity contribution in [3.63, 3.8) is 0 Å². The number of rotatable bonds is 3. The van der Waals surface area contributed by atoms with E-state index in [1.807, 2.05) is 6.92 Å². The zero-order chi connectivity index (χ0) is 15.4. The number of methoxy groups -OCH3 is 1. The van der Waals surface area contributed by atoms with E-state index in [9.17, 15) is 14.7 Å². The number of carbonyl (C=O) groups is 2. The van der Waals surface area contributed by atoms with Crippen LogP contribution in [0.15, 0.2) is 42.5 Å². The molecular weight excluding hydrogens is 270 g/mol. The van der Waals surface area contributed by atoms with Crippen molar-refractivity contribution in [3.05, 3.63) is 59.2 Å². The minimum atomic E-state index is -0.511. The van der Waals surface area contributed by atoms with Gasteiger partial charge in [-0.3, -0.25) is 4.79 Å². The normalized spacial score (nSPS) is 10.0. The summed E-state index contributed by atoms with van der Waals surface area (Å²) in [5.41, 5.74) is 1.83. The van der Waals surface area contributed by atoms with Gasteiger partial charge in [-0.1, -0.05) is 12.1 Å². The molecule has 0 aliphatic rings. The molecule has 0 radical (unpaired) electrons. The molecule has 5 nitrogen and oxygen atoms in total. The van der Waals surface area contributed by atoms with Gasteiger partial charge in [-0.25, -0.2) is 4.79 Å². The largest absolute Gasteiger partial charge is 0.506 e. The molecule has 2 N–H and O–H groups in total. The number of phenolic OH excluding ortho intramolecular Hbond substituents is 1. The molecule has 0 atom stereocenters. The number of nitrogens with one attached hydrogen (secondary N) is 1. The van der Waals surface area contributed by atoms with Crippen molar-refractivity contribution in [2.24, 2.45) is 0 Å². The summed E-state index contributed by atoms with van der Waals surface area (Å²) in [4.78, 5) is 23.6. The van der Waals surface area contributed by atoms with E-state index >= 15 is 0 Å². The molecule has 0 aliphatic carbocycles. The maximum Gasteiger partial charge on any atom is 0.337 e. The Morgan fingerprint density at radius 3 is 2.52 bits per heavy atom. The minimum Gasteiger partial charge on any atom is -0.506 e. The highest BCUT2D eigenvalue weighted by Gasteiger charge is 2.12. The molecule has 21 heavy (non-hydrogen) atoms. The number of esters is 1. The molecule has 0 saturated carbocycles.